The third kappa shape index (κ3) is 3.56. The van der Waals surface area contributed by atoms with E-state index in [4.69, 9.17) is 11.1 Å². The Morgan fingerprint density at radius 1 is 2.00 bits per heavy atom. The molecule has 0 rings (SSSR count). The smallest absolute Gasteiger partial charge is 0.0952 e. The molecule has 0 aromatic rings. The summed E-state index contributed by atoms with van der Waals surface area (Å²) in [5.41, 5.74) is 4.89. The zero-order chi connectivity index (χ0) is 4.99. The lowest BCUT2D eigenvalue weighted by Gasteiger charge is -1.80. The minimum absolute atomic E-state index is 0.130. The van der Waals surface area contributed by atoms with E-state index in [2.05, 4.69) is 12.2 Å². The van der Waals surface area contributed by atoms with Crippen molar-refractivity contribution in [1.82, 2.24) is 0 Å². The van der Waals surface area contributed by atoms with Crippen molar-refractivity contribution in [3.05, 3.63) is 0 Å². The molecular formula is C3H6N2S. The van der Waals surface area contributed by atoms with Gasteiger partial charge in [0, 0.05) is 6.42 Å². The fourth-order valence-corrected chi connectivity index (χ4v) is 0.269. The SMILES string of the molecule is N=C(N)CC=S. The highest BCUT2D eigenvalue weighted by Crippen LogP contribution is 1.65. The summed E-state index contributed by atoms with van der Waals surface area (Å²) in [5.74, 6) is 0.130. The van der Waals surface area contributed by atoms with E-state index in [1.54, 1.807) is 0 Å². The van der Waals surface area contributed by atoms with Gasteiger partial charge in [0.25, 0.3) is 0 Å². The van der Waals surface area contributed by atoms with Crippen molar-refractivity contribution >= 4 is 23.4 Å². The predicted molar refractivity (Wildman–Crippen MR) is 30.2 cm³/mol. The minimum atomic E-state index is 0.130. The van der Waals surface area contributed by atoms with Crippen LogP contribution in [0.2, 0.25) is 0 Å². The monoisotopic (exact) mass is 102 g/mol. The van der Waals surface area contributed by atoms with Gasteiger partial charge in [-0.3, -0.25) is 5.41 Å². The van der Waals surface area contributed by atoms with Crippen LogP contribution in [0.4, 0.5) is 0 Å². The summed E-state index contributed by atoms with van der Waals surface area (Å²) in [6.07, 6.45) is 0.426. The lowest BCUT2D eigenvalue weighted by Crippen LogP contribution is -2.08. The predicted octanol–water partition coefficient (Wildman–Crippen LogP) is 0.312. The van der Waals surface area contributed by atoms with Gasteiger partial charge in [0.2, 0.25) is 0 Å². The Morgan fingerprint density at radius 2 is 2.50 bits per heavy atom. The Labute approximate surface area is 41.9 Å². The molecule has 3 N–H and O–H groups in total. The fourth-order valence-electron chi connectivity index (χ4n) is 0.0898. The van der Waals surface area contributed by atoms with Crippen LogP contribution in [0.25, 0.3) is 0 Å². The average molecular weight is 102 g/mol. The van der Waals surface area contributed by atoms with Crippen LogP contribution in [-0.2, 0) is 0 Å². The van der Waals surface area contributed by atoms with Gasteiger partial charge in [-0.25, -0.2) is 0 Å². The quantitative estimate of drug-likeness (QED) is 0.299. The summed E-state index contributed by atoms with van der Waals surface area (Å²) in [6.45, 7) is 0. The Kier molecular flexibility index (Phi) is 2.58. The van der Waals surface area contributed by atoms with E-state index in [9.17, 15) is 0 Å². The Morgan fingerprint density at radius 3 is 2.50 bits per heavy atom. The van der Waals surface area contributed by atoms with Gasteiger partial charge in [0.05, 0.1) is 5.84 Å². The lowest BCUT2D eigenvalue weighted by molar-refractivity contribution is 1.38. The standard InChI is InChI=1S/C3H6N2S/c4-3(5)1-2-6/h2H,1H2,(H3,4,5). The fraction of sp³-hybridized carbons (Fsp3) is 0.333. The van der Waals surface area contributed by atoms with Crippen LogP contribution in [0.3, 0.4) is 0 Å². The van der Waals surface area contributed by atoms with Crippen molar-refractivity contribution in [2.24, 2.45) is 5.73 Å². The summed E-state index contributed by atoms with van der Waals surface area (Å²) >= 11 is 4.38. The van der Waals surface area contributed by atoms with E-state index in [0.29, 0.717) is 6.42 Å². The van der Waals surface area contributed by atoms with Gasteiger partial charge in [0.1, 0.15) is 0 Å². The molecule has 0 spiro atoms. The molecule has 0 aromatic carbocycles. The van der Waals surface area contributed by atoms with Crippen molar-refractivity contribution in [2.45, 2.75) is 6.42 Å². The van der Waals surface area contributed by atoms with Gasteiger partial charge in [-0.1, -0.05) is 12.2 Å². The molecule has 0 fully saturated rings. The lowest BCUT2D eigenvalue weighted by atomic mass is 10.5. The van der Waals surface area contributed by atoms with Gasteiger partial charge in [-0.15, -0.1) is 0 Å². The van der Waals surface area contributed by atoms with Crippen LogP contribution in [0.5, 0.6) is 0 Å². The van der Waals surface area contributed by atoms with Crippen LogP contribution in [-0.4, -0.2) is 11.2 Å². The molecule has 0 saturated carbocycles. The zero-order valence-electron chi connectivity index (χ0n) is 3.27. The topological polar surface area (TPSA) is 49.9 Å². The Bertz CT molecular complexity index is 69.2. The highest BCUT2D eigenvalue weighted by atomic mass is 32.1. The summed E-state index contributed by atoms with van der Waals surface area (Å²) in [6, 6.07) is 0. The molecule has 34 valence electrons. The van der Waals surface area contributed by atoms with Crippen LogP contribution in [0.15, 0.2) is 0 Å². The average Bonchev–Trinajstić information content (AvgIpc) is 1.35. The maximum absolute atomic E-state index is 6.57. The molecule has 2 nitrogen and oxygen atoms in total. The van der Waals surface area contributed by atoms with Crippen molar-refractivity contribution in [3.8, 4) is 0 Å². The number of thiocarbonyl (C=S) groups is 1. The van der Waals surface area contributed by atoms with Crippen molar-refractivity contribution in [2.75, 3.05) is 0 Å². The number of hydrogen-bond acceptors (Lipinski definition) is 2. The molecule has 0 heterocycles. The van der Waals surface area contributed by atoms with Gasteiger partial charge < -0.3 is 5.73 Å². The molecule has 0 amide bonds. The van der Waals surface area contributed by atoms with Crippen LogP contribution < -0.4 is 5.73 Å². The molecule has 3 heteroatoms. The highest BCUT2D eigenvalue weighted by molar-refractivity contribution is 7.79. The Balaban J connectivity index is 3.05. The molecule has 0 radical (unpaired) electrons. The van der Waals surface area contributed by atoms with E-state index >= 15 is 0 Å². The van der Waals surface area contributed by atoms with Gasteiger partial charge >= 0.3 is 0 Å². The van der Waals surface area contributed by atoms with Crippen LogP contribution in [0.1, 0.15) is 6.42 Å². The van der Waals surface area contributed by atoms with Gasteiger partial charge in [-0.05, 0) is 5.37 Å². The van der Waals surface area contributed by atoms with Crippen LogP contribution >= 0.6 is 12.2 Å². The van der Waals surface area contributed by atoms with E-state index in [1.807, 2.05) is 0 Å². The molecule has 0 unspecified atom stereocenters. The second kappa shape index (κ2) is 2.78. The third-order valence-corrected chi connectivity index (χ3v) is 0.470. The molecule has 6 heavy (non-hydrogen) atoms. The molecule has 0 atom stereocenters. The third-order valence-electron chi connectivity index (χ3n) is 0.303. The van der Waals surface area contributed by atoms with E-state index in [1.165, 1.54) is 5.37 Å². The number of hydrogen-bond donors (Lipinski definition) is 2. The molecule has 0 aromatic heterocycles. The van der Waals surface area contributed by atoms with Crippen LogP contribution in [0, 0.1) is 5.41 Å². The first-order valence-electron chi connectivity index (χ1n) is 1.54. The first kappa shape index (κ1) is 5.56. The molecule has 0 aliphatic carbocycles. The second-order valence-electron chi connectivity index (χ2n) is 0.896. The zero-order valence-corrected chi connectivity index (χ0v) is 4.09. The number of rotatable bonds is 2. The summed E-state index contributed by atoms with van der Waals surface area (Å²) in [4.78, 5) is 0. The second-order valence-corrected chi connectivity index (χ2v) is 1.23. The van der Waals surface area contributed by atoms with Gasteiger partial charge in [-0.2, -0.15) is 0 Å². The maximum Gasteiger partial charge on any atom is 0.0952 e. The molecule has 0 saturated heterocycles. The summed E-state index contributed by atoms with van der Waals surface area (Å²) < 4.78 is 0. The molecule has 0 bridgehead atoms. The van der Waals surface area contributed by atoms with Crippen molar-refractivity contribution in [3.63, 3.8) is 0 Å². The number of amidine groups is 1. The highest BCUT2D eigenvalue weighted by Gasteiger charge is 1.76. The molecule has 0 aliphatic heterocycles. The number of nitrogens with one attached hydrogen (secondary N) is 1. The van der Waals surface area contributed by atoms with E-state index in [-0.39, 0.29) is 5.84 Å². The first-order valence-corrected chi connectivity index (χ1v) is 2.01. The Hall–Kier alpha value is -0.440. The number of nitrogens with two attached hydrogens (primary N) is 1. The normalized spacial score (nSPS) is 7.33. The summed E-state index contributed by atoms with van der Waals surface area (Å²) in [5, 5.41) is 8.01. The molecule has 0 aliphatic rings. The maximum atomic E-state index is 6.57. The largest absolute Gasteiger partial charge is 0.387 e. The molecular weight excluding hydrogens is 96.1 g/mol. The summed E-state index contributed by atoms with van der Waals surface area (Å²) in [7, 11) is 0. The van der Waals surface area contributed by atoms with E-state index in [0.717, 1.165) is 0 Å². The van der Waals surface area contributed by atoms with E-state index < -0.39 is 0 Å². The van der Waals surface area contributed by atoms with Crippen molar-refractivity contribution < 1.29 is 0 Å². The van der Waals surface area contributed by atoms with Crippen molar-refractivity contribution in [1.29, 1.82) is 5.41 Å². The minimum Gasteiger partial charge on any atom is -0.387 e. The first-order chi connectivity index (χ1) is 2.77. The van der Waals surface area contributed by atoms with Gasteiger partial charge in [0.15, 0.2) is 0 Å².